The van der Waals surface area contributed by atoms with Gasteiger partial charge in [0.25, 0.3) is 0 Å². The van der Waals surface area contributed by atoms with Crippen LogP contribution in [0.5, 0.6) is 0 Å². The third-order valence-electron chi connectivity index (χ3n) is 3.39. The second kappa shape index (κ2) is 9.46. The van der Waals surface area contributed by atoms with E-state index in [1.165, 1.54) is 23.5 Å². The van der Waals surface area contributed by atoms with Crippen LogP contribution in [-0.2, 0) is 4.79 Å². The molecule has 0 saturated heterocycles. The molecular formula is C18H14ClN5OS2. The minimum Gasteiger partial charge on any atom is -0.324 e. The predicted octanol–water partition coefficient (Wildman–Crippen LogP) is 4.27. The Morgan fingerprint density at radius 3 is 2.89 bits per heavy atom. The molecule has 0 fully saturated rings. The number of hydrogen-bond donors (Lipinski definition) is 1. The Morgan fingerprint density at radius 1 is 1.22 bits per heavy atom. The van der Waals surface area contributed by atoms with Gasteiger partial charge >= 0.3 is 0 Å². The van der Waals surface area contributed by atoms with E-state index >= 15 is 0 Å². The molecule has 0 radical (unpaired) electrons. The SMILES string of the molecule is N#CCSc1ccccc1NC(=O)CSc1nncn1-c1cccc(Cl)c1. The zero-order valence-electron chi connectivity index (χ0n) is 14.0. The summed E-state index contributed by atoms with van der Waals surface area (Å²) in [6, 6.07) is 16.8. The van der Waals surface area contributed by atoms with E-state index in [-0.39, 0.29) is 11.7 Å². The van der Waals surface area contributed by atoms with E-state index in [4.69, 9.17) is 16.9 Å². The van der Waals surface area contributed by atoms with Crippen LogP contribution in [0.4, 0.5) is 5.69 Å². The Morgan fingerprint density at radius 2 is 2.07 bits per heavy atom. The number of nitrogens with one attached hydrogen (secondary N) is 1. The molecule has 9 heteroatoms. The number of thioether (sulfide) groups is 2. The first kappa shape index (κ1) is 19.3. The average Bonchev–Trinajstić information content (AvgIpc) is 3.14. The number of aromatic nitrogens is 3. The summed E-state index contributed by atoms with van der Waals surface area (Å²) < 4.78 is 1.78. The highest BCUT2D eigenvalue weighted by molar-refractivity contribution is 8.00. The third-order valence-corrected chi connectivity index (χ3v) is 5.51. The van der Waals surface area contributed by atoms with Crippen molar-refractivity contribution in [2.45, 2.75) is 10.1 Å². The van der Waals surface area contributed by atoms with Gasteiger partial charge in [0.1, 0.15) is 6.33 Å². The molecule has 136 valence electrons. The van der Waals surface area contributed by atoms with E-state index < -0.39 is 0 Å². The molecule has 0 aliphatic heterocycles. The lowest BCUT2D eigenvalue weighted by molar-refractivity contribution is -0.113. The number of anilines is 1. The highest BCUT2D eigenvalue weighted by atomic mass is 35.5. The van der Waals surface area contributed by atoms with E-state index in [1.54, 1.807) is 23.0 Å². The Bertz CT molecular complexity index is 986. The van der Waals surface area contributed by atoms with Gasteiger partial charge < -0.3 is 5.32 Å². The van der Waals surface area contributed by atoms with Gasteiger partial charge in [-0.05, 0) is 30.3 Å². The Balaban J connectivity index is 1.64. The van der Waals surface area contributed by atoms with Crippen LogP contribution in [0.25, 0.3) is 5.69 Å². The van der Waals surface area contributed by atoms with Gasteiger partial charge in [-0.3, -0.25) is 9.36 Å². The average molecular weight is 416 g/mol. The maximum atomic E-state index is 12.4. The molecule has 3 rings (SSSR count). The lowest BCUT2D eigenvalue weighted by Gasteiger charge is -2.10. The van der Waals surface area contributed by atoms with Gasteiger partial charge in [-0.15, -0.1) is 22.0 Å². The number of hydrogen-bond acceptors (Lipinski definition) is 6. The number of benzene rings is 2. The summed E-state index contributed by atoms with van der Waals surface area (Å²) in [5.41, 5.74) is 1.52. The standard InChI is InChI=1S/C18H14ClN5OS2/c19-13-4-3-5-14(10-13)24-12-21-23-18(24)27-11-17(25)22-15-6-1-2-7-16(15)26-9-8-20/h1-7,10,12H,9,11H2,(H,22,25). The lowest BCUT2D eigenvalue weighted by Crippen LogP contribution is -2.15. The maximum Gasteiger partial charge on any atom is 0.234 e. The van der Waals surface area contributed by atoms with Crippen LogP contribution in [0.3, 0.4) is 0 Å². The van der Waals surface area contributed by atoms with Crippen molar-refractivity contribution in [1.82, 2.24) is 14.8 Å². The van der Waals surface area contributed by atoms with Gasteiger partial charge in [0.2, 0.25) is 5.91 Å². The van der Waals surface area contributed by atoms with Gasteiger partial charge in [0, 0.05) is 9.92 Å². The first-order chi connectivity index (χ1) is 13.2. The normalized spacial score (nSPS) is 10.4. The monoisotopic (exact) mass is 415 g/mol. The molecule has 1 amide bonds. The molecule has 3 aromatic rings. The van der Waals surface area contributed by atoms with Crippen molar-refractivity contribution in [3.63, 3.8) is 0 Å². The molecule has 0 saturated carbocycles. The topological polar surface area (TPSA) is 83.6 Å². The van der Waals surface area contributed by atoms with Crippen LogP contribution in [0, 0.1) is 11.3 Å². The fourth-order valence-electron chi connectivity index (χ4n) is 2.25. The molecule has 0 aliphatic carbocycles. The van der Waals surface area contributed by atoms with Gasteiger partial charge in [0.05, 0.1) is 28.9 Å². The summed E-state index contributed by atoms with van der Waals surface area (Å²) in [5.74, 6) is 0.339. The van der Waals surface area contributed by atoms with Gasteiger partial charge in [0.15, 0.2) is 5.16 Å². The van der Waals surface area contributed by atoms with Crippen molar-refractivity contribution < 1.29 is 4.79 Å². The zero-order valence-corrected chi connectivity index (χ0v) is 16.4. The van der Waals surface area contributed by atoms with Crippen LogP contribution in [-0.4, -0.2) is 32.2 Å². The number of para-hydroxylation sites is 1. The summed E-state index contributed by atoms with van der Waals surface area (Å²) in [6.45, 7) is 0. The number of carbonyl (C=O) groups is 1. The molecule has 27 heavy (non-hydrogen) atoms. The molecule has 1 heterocycles. The number of carbonyl (C=O) groups excluding carboxylic acids is 1. The zero-order chi connectivity index (χ0) is 19.1. The van der Waals surface area contributed by atoms with Gasteiger partial charge in [-0.2, -0.15) is 5.26 Å². The summed E-state index contributed by atoms with van der Waals surface area (Å²) in [7, 11) is 0. The third kappa shape index (κ3) is 5.26. The fraction of sp³-hybridized carbons (Fsp3) is 0.111. The molecule has 0 bridgehead atoms. The molecule has 1 aromatic heterocycles. The molecule has 2 aromatic carbocycles. The van der Waals surface area contributed by atoms with E-state index in [0.29, 0.717) is 21.6 Å². The van der Waals surface area contributed by atoms with Crippen molar-refractivity contribution in [2.75, 3.05) is 16.8 Å². The largest absolute Gasteiger partial charge is 0.324 e. The molecule has 0 atom stereocenters. The van der Waals surface area contributed by atoms with Gasteiger partial charge in [-0.1, -0.05) is 41.6 Å². The molecule has 1 N–H and O–H groups in total. The highest BCUT2D eigenvalue weighted by Crippen LogP contribution is 2.27. The van der Waals surface area contributed by atoms with E-state index in [9.17, 15) is 4.79 Å². The molecule has 0 aliphatic rings. The number of nitrogens with zero attached hydrogens (tertiary/aromatic N) is 4. The second-order valence-corrected chi connectivity index (χ2v) is 7.64. The molecule has 0 unspecified atom stereocenters. The minimum atomic E-state index is -0.161. The Kier molecular flexibility index (Phi) is 6.76. The summed E-state index contributed by atoms with van der Waals surface area (Å²) in [5, 5.41) is 20.8. The van der Waals surface area contributed by atoms with Crippen LogP contribution >= 0.6 is 35.1 Å². The fourth-order valence-corrected chi connectivity index (χ4v) is 3.83. The van der Waals surface area contributed by atoms with Crippen LogP contribution in [0.2, 0.25) is 5.02 Å². The number of halogens is 1. The summed E-state index contributed by atoms with van der Waals surface area (Å²) in [4.78, 5) is 13.2. The first-order valence-corrected chi connectivity index (χ1v) is 10.2. The Labute approximate surface area is 169 Å². The number of rotatable bonds is 7. The summed E-state index contributed by atoms with van der Waals surface area (Å²) >= 11 is 8.70. The van der Waals surface area contributed by atoms with E-state index in [0.717, 1.165) is 10.6 Å². The number of amides is 1. The van der Waals surface area contributed by atoms with Gasteiger partial charge in [-0.25, -0.2) is 0 Å². The maximum absolute atomic E-state index is 12.4. The number of nitriles is 1. The highest BCUT2D eigenvalue weighted by Gasteiger charge is 2.12. The smallest absolute Gasteiger partial charge is 0.234 e. The lowest BCUT2D eigenvalue weighted by atomic mass is 10.3. The quantitative estimate of drug-likeness (QED) is 0.580. The first-order valence-electron chi connectivity index (χ1n) is 7.85. The molecule has 0 spiro atoms. The van der Waals surface area contributed by atoms with Crippen molar-refractivity contribution in [3.8, 4) is 11.8 Å². The van der Waals surface area contributed by atoms with Crippen LogP contribution in [0.15, 0.2) is 64.9 Å². The summed E-state index contributed by atoms with van der Waals surface area (Å²) in [6.07, 6.45) is 1.58. The van der Waals surface area contributed by atoms with Crippen molar-refractivity contribution in [1.29, 1.82) is 5.26 Å². The Hall–Kier alpha value is -2.47. The van der Waals surface area contributed by atoms with Crippen LogP contribution < -0.4 is 5.32 Å². The van der Waals surface area contributed by atoms with E-state index in [1.807, 2.05) is 36.4 Å². The minimum absolute atomic E-state index is 0.161. The van der Waals surface area contributed by atoms with E-state index in [2.05, 4.69) is 21.6 Å². The predicted molar refractivity (Wildman–Crippen MR) is 109 cm³/mol. The van der Waals surface area contributed by atoms with Crippen molar-refractivity contribution in [3.05, 3.63) is 59.9 Å². The van der Waals surface area contributed by atoms with Crippen LogP contribution in [0.1, 0.15) is 0 Å². The molecular weight excluding hydrogens is 402 g/mol. The molecule has 6 nitrogen and oxygen atoms in total. The van der Waals surface area contributed by atoms with Crippen molar-refractivity contribution >= 4 is 46.7 Å². The second-order valence-electron chi connectivity index (χ2n) is 5.24. The van der Waals surface area contributed by atoms with Crippen molar-refractivity contribution in [2.24, 2.45) is 0 Å².